The van der Waals surface area contributed by atoms with Gasteiger partial charge in [-0.15, -0.1) is 0 Å². The fraction of sp³-hybridized carbons (Fsp3) is 0.462. The molecule has 31 heavy (non-hydrogen) atoms. The Kier molecular flexibility index (Phi) is 6.30. The molecule has 2 aliphatic carbocycles. The first-order chi connectivity index (χ1) is 14.9. The molecule has 5 nitrogen and oxygen atoms in total. The van der Waals surface area contributed by atoms with Crippen LogP contribution in [0.1, 0.15) is 78.7 Å². The zero-order valence-electron chi connectivity index (χ0n) is 18.6. The Hall–Kier alpha value is -2.82. The highest BCUT2D eigenvalue weighted by atomic mass is 16.5. The highest BCUT2D eigenvalue weighted by Gasteiger charge is 2.36. The van der Waals surface area contributed by atoms with Crippen LogP contribution in [0.4, 0.5) is 11.4 Å². The monoisotopic (exact) mass is 420 g/mol. The third-order valence-corrected chi connectivity index (χ3v) is 6.04. The number of carbonyl (C=O) groups excluding carboxylic acids is 2. The van der Waals surface area contributed by atoms with Crippen molar-refractivity contribution in [2.75, 3.05) is 11.9 Å². The van der Waals surface area contributed by atoms with E-state index in [9.17, 15) is 9.59 Å². The molecule has 4 rings (SSSR count). The van der Waals surface area contributed by atoms with Gasteiger partial charge < -0.3 is 15.4 Å². The summed E-state index contributed by atoms with van der Waals surface area (Å²) in [7, 11) is 0. The number of ether oxygens (including phenoxy) is 1. The Morgan fingerprint density at radius 2 is 1.81 bits per heavy atom. The SMILES string of the molecule is CC(C)CCNC(=O)c1cccc(Nc2ccc(C(=O)OC3CC3C)cc2)c1C1CC1. The number of nitrogens with one attached hydrogen (secondary N) is 2. The van der Waals surface area contributed by atoms with Crippen LogP contribution in [0.15, 0.2) is 42.5 Å². The zero-order valence-corrected chi connectivity index (χ0v) is 18.6. The number of benzene rings is 2. The number of rotatable bonds is 9. The van der Waals surface area contributed by atoms with Gasteiger partial charge >= 0.3 is 5.97 Å². The van der Waals surface area contributed by atoms with Gasteiger partial charge in [-0.2, -0.15) is 0 Å². The van der Waals surface area contributed by atoms with Gasteiger partial charge in [0.2, 0.25) is 0 Å². The smallest absolute Gasteiger partial charge is 0.338 e. The number of amides is 1. The molecule has 2 aromatic rings. The normalized spacial score (nSPS) is 19.7. The lowest BCUT2D eigenvalue weighted by molar-refractivity contribution is 0.0454. The topological polar surface area (TPSA) is 67.4 Å². The molecule has 0 saturated heterocycles. The molecular weight excluding hydrogens is 388 g/mol. The second kappa shape index (κ2) is 9.13. The maximum atomic E-state index is 12.8. The van der Waals surface area contributed by atoms with Crippen molar-refractivity contribution in [3.8, 4) is 0 Å². The van der Waals surface area contributed by atoms with Crippen LogP contribution in [0.5, 0.6) is 0 Å². The van der Waals surface area contributed by atoms with Crippen LogP contribution in [0.25, 0.3) is 0 Å². The minimum atomic E-state index is -0.264. The van der Waals surface area contributed by atoms with Crippen LogP contribution >= 0.6 is 0 Å². The summed E-state index contributed by atoms with van der Waals surface area (Å²) in [6, 6.07) is 13.2. The van der Waals surface area contributed by atoms with E-state index in [1.54, 1.807) is 12.1 Å². The predicted octanol–water partition coefficient (Wildman–Crippen LogP) is 5.65. The molecule has 0 heterocycles. The van der Waals surface area contributed by atoms with Gasteiger partial charge in [0.05, 0.1) is 5.56 Å². The molecule has 0 aliphatic heterocycles. The Morgan fingerprint density at radius 3 is 2.42 bits per heavy atom. The number of esters is 1. The lowest BCUT2D eigenvalue weighted by Crippen LogP contribution is -2.26. The predicted molar refractivity (Wildman–Crippen MR) is 123 cm³/mol. The van der Waals surface area contributed by atoms with E-state index >= 15 is 0 Å². The number of anilines is 2. The molecule has 164 valence electrons. The van der Waals surface area contributed by atoms with Crippen LogP contribution < -0.4 is 10.6 Å². The number of carbonyl (C=O) groups is 2. The molecule has 0 radical (unpaired) electrons. The molecule has 2 atom stereocenters. The first-order valence-corrected chi connectivity index (χ1v) is 11.4. The summed E-state index contributed by atoms with van der Waals surface area (Å²) in [6.45, 7) is 7.09. The van der Waals surface area contributed by atoms with Crippen molar-refractivity contribution in [1.82, 2.24) is 5.32 Å². The van der Waals surface area contributed by atoms with E-state index < -0.39 is 0 Å². The highest BCUT2D eigenvalue weighted by molar-refractivity contribution is 5.98. The molecule has 5 heteroatoms. The molecule has 0 bridgehead atoms. The van der Waals surface area contributed by atoms with Crippen molar-refractivity contribution in [2.45, 2.75) is 58.5 Å². The second-order valence-corrected chi connectivity index (χ2v) is 9.34. The van der Waals surface area contributed by atoms with E-state index in [4.69, 9.17) is 4.74 Å². The maximum Gasteiger partial charge on any atom is 0.338 e. The maximum absolute atomic E-state index is 12.8. The van der Waals surface area contributed by atoms with E-state index in [2.05, 4.69) is 31.4 Å². The average molecular weight is 421 g/mol. The standard InChI is InChI=1S/C26H32N2O3/c1-16(2)13-14-27-25(29)21-5-4-6-22(24(21)18-7-8-18)28-20-11-9-19(10-12-20)26(30)31-23-15-17(23)3/h4-6,9-12,16-18,23,28H,7-8,13-15H2,1-3H3,(H,27,29). The van der Waals surface area contributed by atoms with E-state index in [1.165, 1.54) is 0 Å². The summed E-state index contributed by atoms with van der Waals surface area (Å²) in [5.74, 6) is 1.19. The molecule has 2 unspecified atom stereocenters. The van der Waals surface area contributed by atoms with E-state index in [0.717, 1.165) is 48.2 Å². The molecule has 2 saturated carbocycles. The minimum Gasteiger partial charge on any atom is -0.458 e. The quantitative estimate of drug-likeness (QED) is 0.515. The molecule has 2 aliphatic rings. The molecule has 1 amide bonds. The van der Waals surface area contributed by atoms with Crippen LogP contribution in [-0.2, 0) is 4.74 Å². The van der Waals surface area contributed by atoms with Crippen LogP contribution in [0.2, 0.25) is 0 Å². The van der Waals surface area contributed by atoms with E-state index in [-0.39, 0.29) is 18.0 Å². The summed E-state index contributed by atoms with van der Waals surface area (Å²) in [4.78, 5) is 25.1. The fourth-order valence-electron chi connectivity index (χ4n) is 3.76. The zero-order chi connectivity index (χ0) is 22.0. The summed E-state index contributed by atoms with van der Waals surface area (Å²) in [5.41, 5.74) is 4.26. The van der Waals surface area contributed by atoms with E-state index in [0.29, 0.717) is 29.9 Å². The van der Waals surface area contributed by atoms with Gasteiger partial charge in [-0.05, 0) is 85.4 Å². The van der Waals surface area contributed by atoms with Gasteiger partial charge in [-0.3, -0.25) is 4.79 Å². The largest absolute Gasteiger partial charge is 0.458 e. The summed E-state index contributed by atoms with van der Waals surface area (Å²) < 4.78 is 5.46. The van der Waals surface area contributed by atoms with Crippen molar-refractivity contribution in [1.29, 1.82) is 0 Å². The van der Waals surface area contributed by atoms with Crippen molar-refractivity contribution in [2.24, 2.45) is 11.8 Å². The van der Waals surface area contributed by atoms with Gasteiger partial charge in [0.1, 0.15) is 6.10 Å². The Balaban J connectivity index is 1.46. The Labute approximate surface area is 184 Å². The van der Waals surface area contributed by atoms with E-state index in [1.807, 2.05) is 30.3 Å². The molecule has 2 aromatic carbocycles. The Morgan fingerprint density at radius 1 is 1.10 bits per heavy atom. The third kappa shape index (κ3) is 5.46. The van der Waals surface area contributed by atoms with Crippen molar-refractivity contribution in [3.05, 3.63) is 59.2 Å². The van der Waals surface area contributed by atoms with Crippen LogP contribution in [-0.4, -0.2) is 24.5 Å². The van der Waals surface area contributed by atoms with Crippen molar-refractivity contribution >= 4 is 23.3 Å². The molecule has 2 fully saturated rings. The summed E-state index contributed by atoms with van der Waals surface area (Å²) in [5, 5.41) is 6.53. The first-order valence-electron chi connectivity index (χ1n) is 11.4. The molecular formula is C26H32N2O3. The van der Waals surface area contributed by atoms with Gasteiger partial charge in [-0.25, -0.2) is 4.79 Å². The van der Waals surface area contributed by atoms with Crippen LogP contribution in [0, 0.1) is 11.8 Å². The van der Waals surface area contributed by atoms with Crippen LogP contribution in [0.3, 0.4) is 0 Å². The minimum absolute atomic E-state index is 0.00130. The van der Waals surface area contributed by atoms with Gasteiger partial charge in [0.15, 0.2) is 0 Å². The summed E-state index contributed by atoms with van der Waals surface area (Å²) >= 11 is 0. The number of hydrogen-bond donors (Lipinski definition) is 2. The summed E-state index contributed by atoms with van der Waals surface area (Å²) in [6.07, 6.45) is 4.21. The van der Waals surface area contributed by atoms with Gasteiger partial charge in [0, 0.05) is 23.5 Å². The molecule has 2 N–H and O–H groups in total. The third-order valence-electron chi connectivity index (χ3n) is 6.04. The lowest BCUT2D eigenvalue weighted by Gasteiger charge is -2.16. The average Bonchev–Trinajstić information content (AvgIpc) is 3.67. The van der Waals surface area contributed by atoms with Gasteiger partial charge in [0.25, 0.3) is 5.91 Å². The van der Waals surface area contributed by atoms with Crippen molar-refractivity contribution in [3.63, 3.8) is 0 Å². The van der Waals surface area contributed by atoms with Gasteiger partial charge in [-0.1, -0.05) is 26.8 Å². The first kappa shape index (κ1) is 21.4. The fourth-order valence-corrected chi connectivity index (χ4v) is 3.76. The number of hydrogen-bond acceptors (Lipinski definition) is 4. The lowest BCUT2D eigenvalue weighted by atomic mass is 9.99. The Bertz CT molecular complexity index is 948. The second-order valence-electron chi connectivity index (χ2n) is 9.34. The highest BCUT2D eigenvalue weighted by Crippen LogP contribution is 2.45. The molecule has 0 aromatic heterocycles. The molecule has 0 spiro atoms. The van der Waals surface area contributed by atoms with Crippen molar-refractivity contribution < 1.29 is 14.3 Å².